The number of hydrogen-bond donors (Lipinski definition) is 3. The number of rotatable bonds is 7. The second-order valence-electron chi connectivity index (χ2n) is 11.9. The first-order chi connectivity index (χ1) is 24.1. The summed E-state index contributed by atoms with van der Waals surface area (Å²) < 4.78 is 2.42. The van der Waals surface area contributed by atoms with E-state index in [1.807, 2.05) is 78.9 Å². The third kappa shape index (κ3) is 6.02. The number of amidine groups is 2. The van der Waals surface area contributed by atoms with Crippen LogP contribution in [-0.4, -0.2) is 11.7 Å². The molecule has 5 N–H and O–H groups in total. The first-order valence-corrected chi connectivity index (χ1v) is 17.0. The Morgan fingerprint density at radius 3 is 1.90 bits per heavy atom. The van der Waals surface area contributed by atoms with Gasteiger partial charge in [-0.15, -0.1) is 11.3 Å². The quantitative estimate of drug-likeness (QED) is 0.150. The van der Waals surface area contributed by atoms with Crippen molar-refractivity contribution >= 4 is 54.6 Å². The van der Waals surface area contributed by atoms with E-state index in [9.17, 15) is 0 Å². The Labute approximate surface area is 289 Å². The van der Waals surface area contributed by atoms with Crippen LogP contribution in [0.3, 0.4) is 0 Å². The Morgan fingerprint density at radius 2 is 1.18 bits per heavy atom. The first-order valence-electron chi connectivity index (χ1n) is 16.2. The van der Waals surface area contributed by atoms with Crippen LogP contribution in [-0.2, 0) is 0 Å². The fourth-order valence-electron chi connectivity index (χ4n) is 6.20. The van der Waals surface area contributed by atoms with Crippen LogP contribution in [0.5, 0.6) is 0 Å². The van der Waals surface area contributed by atoms with Gasteiger partial charge in [0.15, 0.2) is 5.84 Å². The first kappa shape index (κ1) is 30.1. The molecule has 0 fully saturated rings. The van der Waals surface area contributed by atoms with Crippen molar-refractivity contribution in [3.05, 3.63) is 192 Å². The van der Waals surface area contributed by atoms with E-state index in [4.69, 9.17) is 21.5 Å². The summed E-state index contributed by atoms with van der Waals surface area (Å²) in [5.74, 6) is 1.51. The predicted octanol–water partition coefficient (Wildman–Crippen LogP) is 9.52. The number of allylic oxidation sites excluding steroid dienone is 2. The van der Waals surface area contributed by atoms with Gasteiger partial charge in [0.2, 0.25) is 0 Å². The van der Waals surface area contributed by atoms with Crippen molar-refractivity contribution in [2.75, 3.05) is 0 Å². The number of thiophene rings is 1. The Morgan fingerprint density at radius 1 is 0.592 bits per heavy atom. The van der Waals surface area contributed by atoms with E-state index in [1.54, 1.807) is 11.3 Å². The van der Waals surface area contributed by atoms with E-state index in [0.29, 0.717) is 17.2 Å². The molecule has 0 amide bonds. The van der Waals surface area contributed by atoms with Crippen LogP contribution in [0.15, 0.2) is 174 Å². The van der Waals surface area contributed by atoms with Crippen LogP contribution >= 0.6 is 11.3 Å². The zero-order valence-electron chi connectivity index (χ0n) is 26.6. The van der Waals surface area contributed by atoms with Gasteiger partial charge >= 0.3 is 0 Å². The molecule has 1 atom stereocenters. The molecule has 8 rings (SSSR count). The van der Waals surface area contributed by atoms with E-state index in [0.717, 1.165) is 50.2 Å². The van der Waals surface area contributed by atoms with Crippen molar-refractivity contribution in [1.82, 2.24) is 5.32 Å². The number of aliphatic imine (C=N–C) groups is 2. The fourth-order valence-corrected chi connectivity index (χ4v) is 7.47. The molecule has 6 aromatic carbocycles. The second kappa shape index (κ2) is 13.1. The Hall–Kier alpha value is -6.24. The lowest BCUT2D eigenvalue weighted by atomic mass is 9.97. The maximum Gasteiger partial charge on any atom is 0.160 e. The highest BCUT2D eigenvalue weighted by molar-refractivity contribution is 7.26. The smallest absolute Gasteiger partial charge is 0.160 e. The normalized spacial score (nSPS) is 15.1. The number of nitrogens with zero attached hydrogens (tertiary/aromatic N) is 2. The minimum absolute atomic E-state index is 0.271. The summed E-state index contributed by atoms with van der Waals surface area (Å²) in [6, 6.07) is 51.8. The number of benzene rings is 6. The summed E-state index contributed by atoms with van der Waals surface area (Å²) >= 11 is 1.80. The summed E-state index contributed by atoms with van der Waals surface area (Å²) in [7, 11) is 0. The summed E-state index contributed by atoms with van der Waals surface area (Å²) in [5, 5.41) is 5.93. The summed E-state index contributed by atoms with van der Waals surface area (Å²) in [6.07, 6.45) is 3.45. The highest BCUT2D eigenvalue weighted by Gasteiger charge is 2.24. The van der Waals surface area contributed by atoms with Crippen molar-refractivity contribution in [3.8, 4) is 11.1 Å². The molecule has 5 nitrogen and oxygen atoms in total. The molecule has 6 heteroatoms. The van der Waals surface area contributed by atoms with Crippen LogP contribution in [0.25, 0.3) is 42.7 Å². The maximum atomic E-state index is 6.49. The lowest BCUT2D eigenvalue weighted by Crippen LogP contribution is -2.33. The van der Waals surface area contributed by atoms with Gasteiger partial charge in [-0.05, 0) is 52.1 Å². The SMILES string of the molecule is N/C(=C\C=C(/N)c1ccc(-c2ccc(C3=NC(c4ccccc4)NC(c4ccccc4)=N3)c3c2sc2ccccc23)cc1)c1ccccc1. The van der Waals surface area contributed by atoms with Gasteiger partial charge in [-0.2, -0.15) is 0 Å². The van der Waals surface area contributed by atoms with Crippen LogP contribution < -0.4 is 16.8 Å². The average molecular weight is 652 g/mol. The van der Waals surface area contributed by atoms with Gasteiger partial charge in [0, 0.05) is 42.7 Å². The Kier molecular flexibility index (Phi) is 8.05. The van der Waals surface area contributed by atoms with Gasteiger partial charge in [0.25, 0.3) is 0 Å². The molecule has 2 heterocycles. The monoisotopic (exact) mass is 651 g/mol. The van der Waals surface area contributed by atoms with Gasteiger partial charge < -0.3 is 16.8 Å². The minimum atomic E-state index is -0.271. The average Bonchev–Trinajstić information content (AvgIpc) is 3.57. The Balaban J connectivity index is 1.21. The number of nitrogens with two attached hydrogens (primary N) is 2. The zero-order valence-corrected chi connectivity index (χ0v) is 27.4. The maximum absolute atomic E-state index is 6.49. The summed E-state index contributed by atoms with van der Waals surface area (Å²) in [4.78, 5) is 10.3. The van der Waals surface area contributed by atoms with Crippen LogP contribution in [0.1, 0.15) is 34.0 Å². The molecular formula is C43H33N5S. The molecule has 236 valence electrons. The second-order valence-corrected chi connectivity index (χ2v) is 12.9. The van der Waals surface area contributed by atoms with Crippen molar-refractivity contribution in [2.24, 2.45) is 21.5 Å². The lowest BCUT2D eigenvalue weighted by Gasteiger charge is -2.24. The van der Waals surface area contributed by atoms with Crippen molar-refractivity contribution in [2.45, 2.75) is 6.17 Å². The van der Waals surface area contributed by atoms with Gasteiger partial charge in [0.05, 0.1) is 0 Å². The largest absolute Gasteiger partial charge is 0.398 e. The van der Waals surface area contributed by atoms with Crippen LogP contribution in [0.2, 0.25) is 0 Å². The highest BCUT2D eigenvalue weighted by Crippen LogP contribution is 2.42. The third-order valence-corrected chi connectivity index (χ3v) is 9.95. The molecule has 0 bridgehead atoms. The summed E-state index contributed by atoms with van der Waals surface area (Å²) in [5.41, 5.74) is 21.4. The molecular weight excluding hydrogens is 619 g/mol. The molecule has 0 saturated heterocycles. The molecule has 0 radical (unpaired) electrons. The van der Waals surface area contributed by atoms with E-state index in [-0.39, 0.29) is 6.17 Å². The number of nitrogens with one attached hydrogen (secondary N) is 1. The van der Waals surface area contributed by atoms with E-state index < -0.39 is 0 Å². The van der Waals surface area contributed by atoms with E-state index >= 15 is 0 Å². The molecule has 1 unspecified atom stereocenters. The van der Waals surface area contributed by atoms with E-state index in [2.05, 4.69) is 90.2 Å². The van der Waals surface area contributed by atoms with E-state index in [1.165, 1.54) is 14.8 Å². The molecule has 0 saturated carbocycles. The standard InChI is InChI=1S/C43H33N5S/c44-36(29-12-4-1-5-13-29)26-27-37(45)30-22-20-28(21-23-30)33-24-25-35(39-34-18-10-11-19-38(34)49-40(33)39)43-47-41(31-14-6-2-7-15-31)46-42(48-43)32-16-8-3-9-17-32/h1-27,41H,44-45H2,(H,46,47,48)/b36-26-,37-27-. The van der Waals surface area contributed by atoms with Gasteiger partial charge in [-0.25, -0.2) is 9.98 Å². The lowest BCUT2D eigenvalue weighted by molar-refractivity contribution is 0.674. The summed E-state index contributed by atoms with van der Waals surface area (Å²) in [6.45, 7) is 0. The van der Waals surface area contributed by atoms with Gasteiger partial charge in [-0.3, -0.25) is 0 Å². The van der Waals surface area contributed by atoms with Crippen molar-refractivity contribution in [3.63, 3.8) is 0 Å². The van der Waals surface area contributed by atoms with Gasteiger partial charge in [0.1, 0.15) is 12.0 Å². The number of fused-ring (bicyclic) bond motifs is 3. The molecule has 0 aliphatic carbocycles. The fraction of sp³-hybridized carbons (Fsp3) is 0.0233. The molecule has 1 aliphatic rings. The zero-order chi connectivity index (χ0) is 33.2. The molecule has 0 spiro atoms. The Bertz CT molecular complexity index is 2410. The van der Waals surface area contributed by atoms with Crippen molar-refractivity contribution in [1.29, 1.82) is 0 Å². The van der Waals surface area contributed by atoms with Crippen LogP contribution in [0.4, 0.5) is 0 Å². The molecule has 49 heavy (non-hydrogen) atoms. The molecule has 1 aliphatic heterocycles. The topological polar surface area (TPSA) is 88.8 Å². The third-order valence-electron chi connectivity index (χ3n) is 8.75. The molecule has 7 aromatic rings. The van der Waals surface area contributed by atoms with Crippen molar-refractivity contribution < 1.29 is 0 Å². The highest BCUT2D eigenvalue weighted by atomic mass is 32.1. The minimum Gasteiger partial charge on any atom is -0.398 e. The van der Waals surface area contributed by atoms with Crippen LogP contribution in [0, 0.1) is 0 Å². The number of hydrogen-bond acceptors (Lipinski definition) is 6. The molecule has 1 aromatic heterocycles. The predicted molar refractivity (Wildman–Crippen MR) is 207 cm³/mol. The van der Waals surface area contributed by atoms with Gasteiger partial charge in [-0.1, -0.05) is 140 Å².